The molecular weight excluding hydrogens is 202 g/mol. The predicted octanol–water partition coefficient (Wildman–Crippen LogP) is 2.99. The molecule has 1 aromatic rings. The maximum atomic E-state index is 11.2. The summed E-state index contributed by atoms with van der Waals surface area (Å²) in [6.45, 7) is 8.51. The van der Waals surface area contributed by atoms with Gasteiger partial charge in [-0.1, -0.05) is 23.7 Å². The number of methoxy groups -OCH3 is 1. The molecule has 0 N–H and O–H groups in total. The molecule has 0 amide bonds. The van der Waals surface area contributed by atoms with Crippen LogP contribution >= 0.6 is 11.6 Å². The first kappa shape index (κ1) is 10.6. The Morgan fingerprint density at radius 3 is 2.71 bits per heavy atom. The number of ether oxygens (including phenoxy) is 1. The van der Waals surface area contributed by atoms with Crippen LogP contribution in [-0.4, -0.2) is 13.1 Å². The van der Waals surface area contributed by atoms with Crippen LogP contribution in [0.1, 0.15) is 15.9 Å². The van der Waals surface area contributed by atoms with Crippen molar-refractivity contribution in [2.24, 2.45) is 0 Å². The molecule has 0 fully saturated rings. The molecule has 1 aromatic carbocycles. The number of hydrogen-bond acceptors (Lipinski definition) is 2. The van der Waals surface area contributed by atoms with E-state index in [1.165, 1.54) is 13.2 Å². The van der Waals surface area contributed by atoms with E-state index in [0.717, 1.165) is 0 Å². The van der Waals surface area contributed by atoms with Crippen LogP contribution in [0, 0.1) is 13.5 Å². The van der Waals surface area contributed by atoms with Crippen molar-refractivity contribution in [3.05, 3.63) is 39.7 Å². The van der Waals surface area contributed by atoms with Crippen LogP contribution in [-0.2, 0) is 4.74 Å². The van der Waals surface area contributed by atoms with E-state index in [2.05, 4.69) is 9.58 Å². The fourth-order valence-electron chi connectivity index (χ4n) is 1.09. The minimum Gasteiger partial charge on any atom is -0.465 e. The highest BCUT2D eigenvalue weighted by Gasteiger charge is 2.13. The number of hydrogen-bond donors (Lipinski definition) is 0. The number of nitrogens with zero attached hydrogens (tertiary/aromatic N) is 1. The number of esters is 1. The highest BCUT2D eigenvalue weighted by Crippen LogP contribution is 2.30. The van der Waals surface area contributed by atoms with Gasteiger partial charge in [0.25, 0.3) is 0 Å². The summed E-state index contributed by atoms with van der Waals surface area (Å²) in [7, 11) is 1.30. The van der Waals surface area contributed by atoms with Gasteiger partial charge >= 0.3 is 5.97 Å². The van der Waals surface area contributed by atoms with Gasteiger partial charge in [0, 0.05) is 0 Å². The second kappa shape index (κ2) is 4.12. The summed E-state index contributed by atoms with van der Waals surface area (Å²) in [5, 5.41) is 0.308. The lowest BCUT2D eigenvalue weighted by atomic mass is 10.1. The van der Waals surface area contributed by atoms with Gasteiger partial charge in [-0.15, -0.1) is 0 Å². The first-order chi connectivity index (χ1) is 6.61. The number of carbonyl (C=O) groups excluding carboxylic acids is 1. The zero-order valence-corrected chi connectivity index (χ0v) is 8.55. The molecule has 0 aliphatic heterocycles. The van der Waals surface area contributed by atoms with E-state index >= 15 is 0 Å². The van der Waals surface area contributed by atoms with E-state index in [1.54, 1.807) is 13.0 Å². The number of halogens is 1. The molecule has 0 aliphatic rings. The molecule has 14 heavy (non-hydrogen) atoms. The summed E-state index contributed by atoms with van der Waals surface area (Å²) in [6, 6.07) is 3.05. The Bertz CT molecular complexity index is 421. The Hall–Kier alpha value is -1.53. The first-order valence-corrected chi connectivity index (χ1v) is 4.24. The molecule has 0 aliphatic carbocycles. The predicted molar refractivity (Wildman–Crippen MR) is 53.8 cm³/mol. The Kier molecular flexibility index (Phi) is 3.10. The summed E-state index contributed by atoms with van der Waals surface area (Å²) in [6.07, 6.45) is 0. The Labute approximate surface area is 87.1 Å². The summed E-state index contributed by atoms with van der Waals surface area (Å²) in [5.41, 5.74) is 1.31. The van der Waals surface area contributed by atoms with E-state index in [4.69, 9.17) is 18.2 Å². The van der Waals surface area contributed by atoms with Crippen molar-refractivity contribution in [3.8, 4) is 0 Å². The second-order valence-electron chi connectivity index (χ2n) is 2.67. The molecule has 72 valence electrons. The SMILES string of the molecule is [C-]#[N+]c1ccc(C(=O)OC)c(C)c1Cl. The highest BCUT2D eigenvalue weighted by molar-refractivity contribution is 6.34. The molecule has 1 rings (SSSR count). The van der Waals surface area contributed by atoms with E-state index in [0.29, 0.717) is 21.8 Å². The fraction of sp³-hybridized carbons (Fsp3) is 0.200. The topological polar surface area (TPSA) is 30.7 Å². The van der Waals surface area contributed by atoms with Gasteiger partial charge in [-0.3, -0.25) is 0 Å². The molecule has 0 saturated heterocycles. The first-order valence-electron chi connectivity index (χ1n) is 3.86. The van der Waals surface area contributed by atoms with Crippen LogP contribution in [0.2, 0.25) is 5.02 Å². The van der Waals surface area contributed by atoms with Gasteiger partial charge in [0.1, 0.15) is 0 Å². The summed E-state index contributed by atoms with van der Waals surface area (Å²) < 4.78 is 4.57. The molecule has 0 spiro atoms. The maximum Gasteiger partial charge on any atom is 0.338 e. The lowest BCUT2D eigenvalue weighted by Gasteiger charge is -2.06. The molecule has 0 atom stereocenters. The van der Waals surface area contributed by atoms with E-state index < -0.39 is 5.97 Å². The molecular formula is C10H8ClNO2. The maximum absolute atomic E-state index is 11.2. The monoisotopic (exact) mass is 209 g/mol. The summed E-state index contributed by atoms with van der Waals surface area (Å²) in [4.78, 5) is 14.5. The Morgan fingerprint density at radius 2 is 2.21 bits per heavy atom. The van der Waals surface area contributed by atoms with Gasteiger partial charge in [-0.2, -0.15) is 0 Å². The minimum atomic E-state index is -0.444. The molecule has 0 aromatic heterocycles. The number of carbonyl (C=O) groups is 1. The van der Waals surface area contributed by atoms with Crippen molar-refractivity contribution in [1.29, 1.82) is 0 Å². The molecule has 0 saturated carbocycles. The van der Waals surface area contributed by atoms with Gasteiger partial charge in [0.05, 0.1) is 24.3 Å². The van der Waals surface area contributed by atoms with Gasteiger partial charge in [-0.05, 0) is 12.5 Å². The van der Waals surface area contributed by atoms with Crippen LogP contribution in [0.5, 0.6) is 0 Å². The Morgan fingerprint density at radius 1 is 1.57 bits per heavy atom. The lowest BCUT2D eigenvalue weighted by Crippen LogP contribution is -2.03. The largest absolute Gasteiger partial charge is 0.465 e. The van der Waals surface area contributed by atoms with Crippen LogP contribution in [0.15, 0.2) is 12.1 Å². The second-order valence-corrected chi connectivity index (χ2v) is 3.05. The van der Waals surface area contributed by atoms with Gasteiger partial charge < -0.3 is 4.74 Å². The van der Waals surface area contributed by atoms with Crippen LogP contribution < -0.4 is 0 Å². The number of rotatable bonds is 1. The van der Waals surface area contributed by atoms with Gasteiger partial charge in [0.15, 0.2) is 0 Å². The van der Waals surface area contributed by atoms with E-state index in [1.807, 2.05) is 0 Å². The third-order valence-electron chi connectivity index (χ3n) is 1.89. The molecule has 0 unspecified atom stereocenters. The zero-order valence-electron chi connectivity index (χ0n) is 7.80. The zero-order chi connectivity index (χ0) is 10.7. The Balaban J connectivity index is 3.33. The van der Waals surface area contributed by atoms with Crippen molar-refractivity contribution >= 4 is 23.3 Å². The third-order valence-corrected chi connectivity index (χ3v) is 2.37. The van der Waals surface area contributed by atoms with Crippen LogP contribution in [0.25, 0.3) is 4.85 Å². The summed E-state index contributed by atoms with van der Waals surface area (Å²) in [5.74, 6) is -0.444. The van der Waals surface area contributed by atoms with Gasteiger partial charge in [-0.25, -0.2) is 9.64 Å². The van der Waals surface area contributed by atoms with Gasteiger partial charge in [0.2, 0.25) is 5.69 Å². The third kappa shape index (κ3) is 1.70. The van der Waals surface area contributed by atoms with Crippen molar-refractivity contribution in [3.63, 3.8) is 0 Å². The summed E-state index contributed by atoms with van der Waals surface area (Å²) >= 11 is 5.88. The molecule has 4 heteroatoms. The van der Waals surface area contributed by atoms with Crippen molar-refractivity contribution < 1.29 is 9.53 Å². The smallest absolute Gasteiger partial charge is 0.338 e. The number of benzene rings is 1. The molecule has 0 bridgehead atoms. The van der Waals surface area contributed by atoms with E-state index in [-0.39, 0.29) is 0 Å². The van der Waals surface area contributed by atoms with E-state index in [9.17, 15) is 4.79 Å². The quantitative estimate of drug-likeness (QED) is 0.526. The average Bonchev–Trinajstić information content (AvgIpc) is 2.21. The molecule has 3 nitrogen and oxygen atoms in total. The van der Waals surface area contributed by atoms with Crippen LogP contribution in [0.4, 0.5) is 5.69 Å². The lowest BCUT2D eigenvalue weighted by molar-refractivity contribution is 0.0600. The minimum absolute atomic E-state index is 0.308. The molecule has 0 radical (unpaired) electrons. The van der Waals surface area contributed by atoms with Crippen molar-refractivity contribution in [1.82, 2.24) is 0 Å². The average molecular weight is 210 g/mol. The van der Waals surface area contributed by atoms with Crippen molar-refractivity contribution in [2.75, 3.05) is 7.11 Å². The van der Waals surface area contributed by atoms with Crippen LogP contribution in [0.3, 0.4) is 0 Å². The highest BCUT2D eigenvalue weighted by atomic mass is 35.5. The van der Waals surface area contributed by atoms with Crippen molar-refractivity contribution in [2.45, 2.75) is 6.92 Å². The fourth-order valence-corrected chi connectivity index (χ4v) is 1.30. The normalized spacial score (nSPS) is 9.29. The standard InChI is InChI=1S/C10H8ClNO2/c1-6-7(10(13)14-3)4-5-8(12-2)9(6)11/h4-5H,1,3H3. The molecule has 0 heterocycles.